The van der Waals surface area contributed by atoms with E-state index in [1.807, 2.05) is 13.8 Å². The topological polar surface area (TPSA) is 63.6 Å². The zero-order valence-corrected chi connectivity index (χ0v) is 16.7. The molecule has 0 aromatic carbocycles. The Kier molecular flexibility index (Phi) is 7.63. The number of rotatable bonds is 7. The summed E-state index contributed by atoms with van der Waals surface area (Å²) in [6, 6.07) is 0. The fraction of sp³-hybridized carbons (Fsp3) is 0.727. The number of ether oxygens (including phenoxy) is 1. The molecule has 1 saturated heterocycles. The summed E-state index contributed by atoms with van der Waals surface area (Å²) in [6.07, 6.45) is 9.59. The molecule has 1 heterocycles. The Morgan fingerprint density at radius 3 is 2.58 bits per heavy atom. The molecule has 4 nitrogen and oxygen atoms in total. The van der Waals surface area contributed by atoms with Gasteiger partial charge in [0.2, 0.25) is 0 Å². The van der Waals surface area contributed by atoms with Crippen molar-refractivity contribution in [2.24, 2.45) is 17.8 Å². The zero-order valence-electron chi connectivity index (χ0n) is 16.7. The number of carbonyl (C=O) groups excluding carboxylic acids is 2. The second kappa shape index (κ2) is 9.50. The molecule has 2 rings (SSSR count). The van der Waals surface area contributed by atoms with Crippen molar-refractivity contribution in [3.8, 4) is 0 Å². The maximum atomic E-state index is 11.9. The number of hydrogen-bond donors (Lipinski definition) is 1. The number of aliphatic hydroxyl groups is 1. The van der Waals surface area contributed by atoms with Crippen LogP contribution < -0.4 is 0 Å². The first kappa shape index (κ1) is 20.9. The minimum atomic E-state index is -0.356. The smallest absolute Gasteiger partial charge is 0.309 e. The van der Waals surface area contributed by atoms with E-state index < -0.39 is 0 Å². The number of carbonyl (C=O) groups is 2. The molecule has 146 valence electrons. The monoisotopic (exact) mass is 362 g/mol. The highest BCUT2D eigenvalue weighted by molar-refractivity contribution is 5.81. The third kappa shape index (κ3) is 5.80. The first-order chi connectivity index (χ1) is 12.3. The fourth-order valence-corrected chi connectivity index (χ4v) is 4.04. The molecule has 26 heavy (non-hydrogen) atoms. The van der Waals surface area contributed by atoms with Gasteiger partial charge in [-0.15, -0.1) is 0 Å². The lowest BCUT2D eigenvalue weighted by molar-refractivity contribution is -0.143. The van der Waals surface area contributed by atoms with Crippen LogP contribution >= 0.6 is 0 Å². The number of cyclic esters (lactones) is 1. The maximum absolute atomic E-state index is 11.9. The number of ketones is 1. The lowest BCUT2D eigenvalue weighted by atomic mass is 9.75. The highest BCUT2D eigenvalue weighted by Crippen LogP contribution is 2.31. The van der Waals surface area contributed by atoms with Gasteiger partial charge in [0, 0.05) is 18.8 Å². The van der Waals surface area contributed by atoms with Gasteiger partial charge < -0.3 is 9.84 Å². The van der Waals surface area contributed by atoms with Crippen LogP contribution in [-0.2, 0) is 14.3 Å². The average molecular weight is 363 g/mol. The molecule has 1 saturated carbocycles. The lowest BCUT2D eigenvalue weighted by Crippen LogP contribution is -2.36. The quantitative estimate of drug-likeness (QED) is 0.540. The van der Waals surface area contributed by atoms with Crippen molar-refractivity contribution in [1.82, 2.24) is 0 Å². The van der Waals surface area contributed by atoms with Gasteiger partial charge >= 0.3 is 5.97 Å². The molecule has 0 aromatic rings. The average Bonchev–Trinajstić information content (AvgIpc) is 2.88. The molecule has 1 N–H and O–H groups in total. The summed E-state index contributed by atoms with van der Waals surface area (Å²) < 4.78 is 5.36. The van der Waals surface area contributed by atoms with Crippen molar-refractivity contribution >= 4 is 11.8 Å². The van der Waals surface area contributed by atoms with Gasteiger partial charge in [0.25, 0.3) is 0 Å². The minimum Gasteiger partial charge on any atom is -0.462 e. The summed E-state index contributed by atoms with van der Waals surface area (Å²) in [4.78, 5) is 23.3. The predicted octanol–water partition coefficient (Wildman–Crippen LogP) is 4.37. The van der Waals surface area contributed by atoms with E-state index in [1.54, 1.807) is 0 Å². The van der Waals surface area contributed by atoms with Gasteiger partial charge in [0.1, 0.15) is 11.9 Å². The summed E-state index contributed by atoms with van der Waals surface area (Å²) in [6.45, 7) is 8.08. The third-order valence-electron chi connectivity index (χ3n) is 5.95. The Morgan fingerprint density at radius 2 is 1.92 bits per heavy atom. The Morgan fingerprint density at radius 1 is 1.19 bits per heavy atom. The molecule has 5 atom stereocenters. The Balaban J connectivity index is 1.75. The lowest BCUT2D eigenvalue weighted by Gasteiger charge is -2.31. The fourth-order valence-electron chi connectivity index (χ4n) is 4.04. The normalized spacial score (nSPS) is 33.5. The molecule has 0 bridgehead atoms. The van der Waals surface area contributed by atoms with Crippen LogP contribution in [0.25, 0.3) is 0 Å². The highest BCUT2D eigenvalue weighted by Gasteiger charge is 2.33. The van der Waals surface area contributed by atoms with E-state index in [1.165, 1.54) is 11.1 Å². The first-order valence-electron chi connectivity index (χ1n) is 10.0. The van der Waals surface area contributed by atoms with E-state index in [4.69, 9.17) is 4.74 Å². The molecule has 0 unspecified atom stereocenters. The van der Waals surface area contributed by atoms with Crippen LogP contribution in [0.5, 0.6) is 0 Å². The molecule has 1 aliphatic carbocycles. The standard InChI is InChI=1S/C22H34O4/c1-14(8-9-19-17(4)20(23)10-11-21(19)24)6-5-7-15(2)12-18-13-16(3)22(25)26-18/h7-8,16-19,21,24H,5-6,9-13H2,1-4H3/b14-8+,15-7+/t16-,17+,18-,19+,21+/m0/s1. The number of Topliss-reactive ketones (excluding diaryl/α,β-unsaturated/α-hetero) is 1. The van der Waals surface area contributed by atoms with Gasteiger partial charge in [-0.2, -0.15) is 0 Å². The molecule has 2 aliphatic rings. The second-order valence-corrected chi connectivity index (χ2v) is 8.30. The SMILES string of the molecule is C/C(=C\C[C@H]1[C@H](O)CCC(=O)[C@@H]1C)CC/C=C(\C)C[C@H]1C[C@H](C)C(=O)O1. The van der Waals surface area contributed by atoms with Gasteiger partial charge in [0.15, 0.2) is 0 Å². The van der Waals surface area contributed by atoms with Crippen LogP contribution in [0, 0.1) is 17.8 Å². The first-order valence-corrected chi connectivity index (χ1v) is 10.0. The summed E-state index contributed by atoms with van der Waals surface area (Å²) in [5.74, 6) is 0.261. The summed E-state index contributed by atoms with van der Waals surface area (Å²) in [7, 11) is 0. The van der Waals surface area contributed by atoms with Crippen molar-refractivity contribution < 1.29 is 19.4 Å². The van der Waals surface area contributed by atoms with Crippen molar-refractivity contribution in [3.63, 3.8) is 0 Å². The Labute approximate surface area is 157 Å². The molecule has 0 aromatic heterocycles. The van der Waals surface area contributed by atoms with Crippen LogP contribution in [0.4, 0.5) is 0 Å². The summed E-state index contributed by atoms with van der Waals surface area (Å²) in [5.41, 5.74) is 2.57. The van der Waals surface area contributed by atoms with Gasteiger partial charge in [-0.1, -0.05) is 37.1 Å². The number of allylic oxidation sites excluding steroid dienone is 3. The molecule has 0 radical (unpaired) electrons. The second-order valence-electron chi connectivity index (χ2n) is 8.30. The summed E-state index contributed by atoms with van der Waals surface area (Å²) in [5, 5.41) is 10.2. The largest absolute Gasteiger partial charge is 0.462 e. The van der Waals surface area contributed by atoms with E-state index in [-0.39, 0.29) is 41.7 Å². The van der Waals surface area contributed by atoms with Gasteiger partial charge in [-0.05, 0) is 51.9 Å². The van der Waals surface area contributed by atoms with Crippen molar-refractivity contribution in [2.45, 2.75) is 84.8 Å². The molecule has 0 amide bonds. The van der Waals surface area contributed by atoms with E-state index >= 15 is 0 Å². The summed E-state index contributed by atoms with van der Waals surface area (Å²) >= 11 is 0. The molecule has 0 spiro atoms. The molecular formula is C22H34O4. The van der Waals surface area contributed by atoms with Gasteiger partial charge in [0.05, 0.1) is 12.0 Å². The Hall–Kier alpha value is -1.42. The van der Waals surface area contributed by atoms with Crippen LogP contribution in [0.3, 0.4) is 0 Å². The van der Waals surface area contributed by atoms with Crippen LogP contribution in [-0.4, -0.2) is 29.1 Å². The van der Waals surface area contributed by atoms with E-state index in [0.717, 1.165) is 32.1 Å². The van der Waals surface area contributed by atoms with Gasteiger partial charge in [-0.25, -0.2) is 0 Å². The highest BCUT2D eigenvalue weighted by atomic mass is 16.5. The van der Waals surface area contributed by atoms with Crippen LogP contribution in [0.2, 0.25) is 0 Å². The minimum absolute atomic E-state index is 0.0300. The predicted molar refractivity (Wildman–Crippen MR) is 103 cm³/mol. The number of hydrogen-bond acceptors (Lipinski definition) is 4. The zero-order chi connectivity index (χ0) is 19.3. The Bertz CT molecular complexity index is 575. The van der Waals surface area contributed by atoms with Crippen LogP contribution in [0.15, 0.2) is 23.3 Å². The number of aliphatic hydroxyl groups excluding tert-OH is 1. The van der Waals surface area contributed by atoms with E-state index in [0.29, 0.717) is 12.8 Å². The van der Waals surface area contributed by atoms with Gasteiger partial charge in [-0.3, -0.25) is 9.59 Å². The molecule has 2 fully saturated rings. The van der Waals surface area contributed by atoms with Crippen molar-refractivity contribution in [1.29, 1.82) is 0 Å². The number of esters is 1. The van der Waals surface area contributed by atoms with E-state index in [2.05, 4.69) is 26.0 Å². The molecular weight excluding hydrogens is 328 g/mol. The third-order valence-corrected chi connectivity index (χ3v) is 5.95. The van der Waals surface area contributed by atoms with Crippen molar-refractivity contribution in [3.05, 3.63) is 23.3 Å². The van der Waals surface area contributed by atoms with Crippen molar-refractivity contribution in [2.75, 3.05) is 0 Å². The maximum Gasteiger partial charge on any atom is 0.309 e. The molecule has 4 heteroatoms. The van der Waals surface area contributed by atoms with Crippen LogP contribution in [0.1, 0.15) is 72.6 Å². The molecule has 1 aliphatic heterocycles. The van der Waals surface area contributed by atoms with E-state index in [9.17, 15) is 14.7 Å².